The largest absolute Gasteiger partial charge is 0.0930 e. The minimum Gasteiger partial charge on any atom is -0.0648 e. The summed E-state index contributed by atoms with van der Waals surface area (Å²) < 4.78 is 0. The number of rotatable bonds is 2. The maximum Gasteiger partial charge on any atom is 0.0930 e. The third kappa shape index (κ3) is 1.91. The molecule has 1 heteroatoms. The maximum absolute atomic E-state index is 2.57. The summed E-state index contributed by atoms with van der Waals surface area (Å²) in [6.07, 6.45) is 1.22. The topological polar surface area (TPSA) is 0 Å². The summed E-state index contributed by atoms with van der Waals surface area (Å²) in [5.74, 6) is 0. The van der Waals surface area contributed by atoms with Crippen LogP contribution < -0.4 is 5.19 Å². The molecule has 1 aliphatic carbocycles. The third-order valence-electron chi connectivity index (χ3n) is 7.02. The molecule has 0 bridgehead atoms. The van der Waals surface area contributed by atoms with Gasteiger partial charge in [0, 0.05) is 0 Å². The lowest BCUT2D eigenvalue weighted by atomic mass is 9.70. The Labute approximate surface area is 148 Å². The Morgan fingerprint density at radius 2 is 1.62 bits per heavy atom. The van der Waals surface area contributed by atoms with Gasteiger partial charge in [0.15, 0.2) is 0 Å². The van der Waals surface area contributed by atoms with E-state index in [0.717, 1.165) is 11.1 Å². The summed E-state index contributed by atoms with van der Waals surface area (Å²) >= 11 is 0. The molecule has 1 unspecified atom stereocenters. The summed E-state index contributed by atoms with van der Waals surface area (Å²) in [4.78, 5) is 0. The second kappa shape index (κ2) is 5.08. The highest BCUT2D eigenvalue weighted by molar-refractivity contribution is 6.95. The fourth-order valence-corrected chi connectivity index (χ4v) is 12.6. The van der Waals surface area contributed by atoms with E-state index in [9.17, 15) is 0 Å². The van der Waals surface area contributed by atoms with Crippen LogP contribution in [-0.2, 0) is 11.8 Å². The highest BCUT2D eigenvalue weighted by Gasteiger charge is 2.56. The fraction of sp³-hybridized carbons (Fsp3) is 0.478. The van der Waals surface area contributed by atoms with Crippen LogP contribution in [0.3, 0.4) is 0 Å². The van der Waals surface area contributed by atoms with Crippen LogP contribution in [0.1, 0.15) is 51.3 Å². The van der Waals surface area contributed by atoms with Crippen molar-refractivity contribution in [1.82, 2.24) is 0 Å². The van der Waals surface area contributed by atoms with Crippen LogP contribution >= 0.6 is 0 Å². The second-order valence-corrected chi connectivity index (χ2v) is 14.4. The van der Waals surface area contributed by atoms with Gasteiger partial charge >= 0.3 is 0 Å². The first-order chi connectivity index (χ1) is 11.3. The number of hydrogen-bond donors (Lipinski definition) is 0. The Kier molecular flexibility index (Phi) is 3.42. The summed E-state index contributed by atoms with van der Waals surface area (Å²) in [6, 6.07) is 15.6. The zero-order valence-corrected chi connectivity index (χ0v) is 17.0. The van der Waals surface area contributed by atoms with Crippen molar-refractivity contribution < 1.29 is 0 Å². The number of hydrogen-bond acceptors (Lipinski definition) is 0. The van der Waals surface area contributed by atoms with Crippen LogP contribution in [-0.4, -0.2) is 8.07 Å². The summed E-state index contributed by atoms with van der Waals surface area (Å²) in [5, 5.41) is 1.79. The molecule has 2 aliphatic rings. The standard InChI is InChI=1S/C23H30Si/c1-15(2)24(16(3)4)14-23(6)13-18-9-7-8-10-19(18)20-11-17(5)12-21(24)22(20)23/h7-12,15-16H,13-14H2,1-6H3. The van der Waals surface area contributed by atoms with Gasteiger partial charge in [-0.05, 0) is 58.1 Å². The lowest BCUT2D eigenvalue weighted by Gasteiger charge is -2.39. The zero-order valence-electron chi connectivity index (χ0n) is 16.0. The van der Waals surface area contributed by atoms with Gasteiger partial charge in [-0.25, -0.2) is 0 Å². The predicted molar refractivity (Wildman–Crippen MR) is 108 cm³/mol. The Bertz CT molecular complexity index is 807. The number of fused-ring (bicyclic) bond motifs is 2. The molecule has 0 saturated heterocycles. The van der Waals surface area contributed by atoms with Crippen LogP contribution in [0.4, 0.5) is 0 Å². The lowest BCUT2D eigenvalue weighted by molar-refractivity contribution is 0.520. The van der Waals surface area contributed by atoms with Crippen molar-refractivity contribution in [2.45, 2.75) is 70.5 Å². The van der Waals surface area contributed by atoms with E-state index in [4.69, 9.17) is 0 Å². The molecule has 1 atom stereocenters. The molecule has 0 nitrogen and oxygen atoms in total. The van der Waals surface area contributed by atoms with Crippen molar-refractivity contribution in [3.05, 3.63) is 53.1 Å². The van der Waals surface area contributed by atoms with Gasteiger partial charge < -0.3 is 0 Å². The maximum atomic E-state index is 2.57. The van der Waals surface area contributed by atoms with Gasteiger partial charge in [0.2, 0.25) is 0 Å². The van der Waals surface area contributed by atoms with E-state index < -0.39 is 8.07 Å². The molecule has 0 spiro atoms. The molecule has 0 fully saturated rings. The molecule has 1 heterocycles. The molecule has 24 heavy (non-hydrogen) atoms. The van der Waals surface area contributed by atoms with Crippen LogP contribution in [0.2, 0.25) is 17.1 Å². The molecule has 0 amide bonds. The minimum atomic E-state index is -1.53. The van der Waals surface area contributed by atoms with E-state index in [0.29, 0.717) is 5.41 Å². The SMILES string of the molecule is Cc1cc2c3c(c1)[Si](C(C)C)(C(C)C)CC3(C)Cc1ccccc1-2. The average Bonchev–Trinajstić information content (AvgIpc) is 2.78. The van der Waals surface area contributed by atoms with E-state index >= 15 is 0 Å². The third-order valence-corrected chi connectivity index (χ3v) is 13.9. The molecular formula is C23H30Si. The van der Waals surface area contributed by atoms with E-state index in [1.165, 1.54) is 23.6 Å². The van der Waals surface area contributed by atoms with Crippen LogP contribution in [0, 0.1) is 6.92 Å². The monoisotopic (exact) mass is 334 g/mol. The number of aryl methyl sites for hydroxylation is 1. The normalized spacial score (nSPS) is 23.5. The van der Waals surface area contributed by atoms with Gasteiger partial charge in [0.25, 0.3) is 0 Å². The predicted octanol–water partition coefficient (Wildman–Crippen LogP) is 5.97. The van der Waals surface area contributed by atoms with Crippen molar-refractivity contribution in [2.24, 2.45) is 0 Å². The van der Waals surface area contributed by atoms with Gasteiger partial charge in [-0.1, -0.05) is 81.8 Å². The number of benzene rings is 2. The average molecular weight is 335 g/mol. The molecule has 1 aliphatic heterocycles. The molecule has 126 valence electrons. The van der Waals surface area contributed by atoms with Crippen LogP contribution in [0.25, 0.3) is 11.1 Å². The van der Waals surface area contributed by atoms with E-state index in [1.54, 1.807) is 21.9 Å². The van der Waals surface area contributed by atoms with Crippen molar-refractivity contribution >= 4 is 13.3 Å². The second-order valence-electron chi connectivity index (χ2n) is 9.16. The van der Waals surface area contributed by atoms with Gasteiger partial charge in [-0.15, -0.1) is 0 Å². The quantitative estimate of drug-likeness (QED) is 0.594. The molecular weight excluding hydrogens is 304 g/mol. The summed E-state index contributed by atoms with van der Waals surface area (Å²) in [5.41, 5.74) is 9.71. The Hall–Kier alpha value is -1.34. The van der Waals surface area contributed by atoms with E-state index in [2.05, 4.69) is 77.9 Å². The highest BCUT2D eigenvalue weighted by Crippen LogP contribution is 2.55. The van der Waals surface area contributed by atoms with Crippen LogP contribution in [0.5, 0.6) is 0 Å². The highest BCUT2D eigenvalue weighted by atomic mass is 28.3. The molecule has 0 N–H and O–H groups in total. The molecule has 0 aromatic heterocycles. The van der Waals surface area contributed by atoms with Crippen LogP contribution in [0.15, 0.2) is 36.4 Å². The zero-order chi connectivity index (χ0) is 17.3. The molecule has 2 aromatic carbocycles. The lowest BCUT2D eigenvalue weighted by Crippen LogP contribution is -2.51. The smallest absolute Gasteiger partial charge is 0.0648 e. The van der Waals surface area contributed by atoms with Crippen molar-refractivity contribution in [3.8, 4) is 11.1 Å². The molecule has 4 rings (SSSR count). The Balaban J connectivity index is 2.09. The minimum absolute atomic E-state index is 0.341. The Morgan fingerprint density at radius 3 is 2.29 bits per heavy atom. The summed E-state index contributed by atoms with van der Waals surface area (Å²) in [6.45, 7) is 14.8. The van der Waals surface area contributed by atoms with Crippen molar-refractivity contribution in [1.29, 1.82) is 0 Å². The van der Waals surface area contributed by atoms with Gasteiger partial charge in [0.1, 0.15) is 0 Å². The Morgan fingerprint density at radius 1 is 0.958 bits per heavy atom. The molecule has 0 saturated carbocycles. The first kappa shape index (κ1) is 16.1. The first-order valence-corrected chi connectivity index (χ1v) is 11.9. The van der Waals surface area contributed by atoms with Crippen molar-refractivity contribution in [3.63, 3.8) is 0 Å². The molecule has 2 aromatic rings. The first-order valence-electron chi connectivity index (χ1n) is 9.53. The fourth-order valence-electron chi connectivity index (χ4n) is 6.05. The van der Waals surface area contributed by atoms with E-state index in [1.807, 2.05) is 0 Å². The molecule has 0 radical (unpaired) electrons. The van der Waals surface area contributed by atoms with Gasteiger partial charge in [0.05, 0.1) is 8.07 Å². The van der Waals surface area contributed by atoms with Gasteiger partial charge in [-0.2, -0.15) is 0 Å². The van der Waals surface area contributed by atoms with Crippen molar-refractivity contribution in [2.75, 3.05) is 0 Å². The van der Waals surface area contributed by atoms with E-state index in [-0.39, 0.29) is 0 Å². The van der Waals surface area contributed by atoms with Gasteiger partial charge in [-0.3, -0.25) is 0 Å². The summed E-state index contributed by atoms with van der Waals surface area (Å²) in [7, 11) is -1.53.